The van der Waals surface area contributed by atoms with Gasteiger partial charge < -0.3 is 0 Å². The van der Waals surface area contributed by atoms with Crippen LogP contribution in [0.25, 0.3) is 20.2 Å². The van der Waals surface area contributed by atoms with E-state index in [2.05, 4.69) is 31.2 Å². The summed E-state index contributed by atoms with van der Waals surface area (Å²) in [6.45, 7) is 6.11. The van der Waals surface area contributed by atoms with Crippen molar-refractivity contribution in [1.29, 1.82) is 0 Å². The number of hydrogen-bond acceptors (Lipinski definition) is 2. The number of thiophene rings is 2. The number of halogens is 3. The molecule has 2 aromatic heterocycles. The first-order valence-electron chi connectivity index (χ1n) is 9.37. The molecule has 0 nitrogen and oxygen atoms in total. The van der Waals surface area contributed by atoms with Crippen molar-refractivity contribution >= 4 is 42.8 Å². The third-order valence-corrected chi connectivity index (χ3v) is 7.73. The zero-order valence-corrected chi connectivity index (χ0v) is 17.6. The van der Waals surface area contributed by atoms with Crippen molar-refractivity contribution in [2.75, 3.05) is 0 Å². The molecule has 2 heterocycles. The van der Waals surface area contributed by atoms with Crippen molar-refractivity contribution in [2.45, 2.75) is 45.7 Å². The van der Waals surface area contributed by atoms with Gasteiger partial charge in [-0.2, -0.15) is 13.2 Å². The second-order valence-corrected chi connectivity index (χ2v) is 9.69. The number of alkyl halides is 3. The summed E-state index contributed by atoms with van der Waals surface area (Å²) in [5, 5.41) is 1.86. The van der Waals surface area contributed by atoms with Gasteiger partial charge in [-0.25, -0.2) is 0 Å². The standard InChI is InChI=1S/C23H21F3S2/c1-4-18-9-17-10-19(23(24,25)26)16(12-22(17)27-18)8-14(3)20-11-15-6-5-13(2)7-21(15)28-20/h5-7,9-12,14H,4,8H2,1-3H3. The van der Waals surface area contributed by atoms with Crippen LogP contribution in [0.5, 0.6) is 0 Å². The number of hydrogen-bond donors (Lipinski definition) is 0. The molecule has 4 aromatic rings. The lowest BCUT2D eigenvalue weighted by Crippen LogP contribution is -2.10. The molecule has 1 atom stereocenters. The molecule has 0 fully saturated rings. The third kappa shape index (κ3) is 3.70. The normalized spacial score (nSPS) is 13.5. The van der Waals surface area contributed by atoms with Crippen molar-refractivity contribution in [3.05, 3.63) is 68.9 Å². The molecular weight excluding hydrogens is 397 g/mol. The Morgan fingerprint density at radius 3 is 2.39 bits per heavy atom. The summed E-state index contributed by atoms with van der Waals surface area (Å²) in [4.78, 5) is 2.25. The highest BCUT2D eigenvalue weighted by molar-refractivity contribution is 7.19. The number of aryl methyl sites for hydroxylation is 2. The quantitative estimate of drug-likeness (QED) is 0.312. The Morgan fingerprint density at radius 1 is 0.929 bits per heavy atom. The summed E-state index contributed by atoms with van der Waals surface area (Å²) in [7, 11) is 0. The summed E-state index contributed by atoms with van der Waals surface area (Å²) in [6, 6.07) is 13.4. The second-order valence-electron chi connectivity index (χ2n) is 7.41. The summed E-state index contributed by atoms with van der Waals surface area (Å²) in [5.41, 5.74) is 1.10. The molecule has 0 aliphatic heterocycles. The summed E-state index contributed by atoms with van der Waals surface area (Å²) in [6.07, 6.45) is -3.11. The van der Waals surface area contributed by atoms with Crippen molar-refractivity contribution in [1.82, 2.24) is 0 Å². The van der Waals surface area contributed by atoms with E-state index in [1.54, 1.807) is 28.7 Å². The van der Waals surface area contributed by atoms with E-state index in [0.29, 0.717) is 17.4 Å². The zero-order chi connectivity index (χ0) is 20.1. The van der Waals surface area contributed by atoms with Gasteiger partial charge in [0.05, 0.1) is 5.56 Å². The van der Waals surface area contributed by atoms with Gasteiger partial charge in [0.15, 0.2) is 0 Å². The first-order chi connectivity index (χ1) is 13.2. The van der Waals surface area contributed by atoms with Gasteiger partial charge in [-0.05, 0) is 77.9 Å². The maximum Gasteiger partial charge on any atom is 0.416 e. The van der Waals surface area contributed by atoms with Crippen LogP contribution >= 0.6 is 22.7 Å². The number of fused-ring (bicyclic) bond motifs is 2. The number of rotatable bonds is 4. The molecular formula is C23H21F3S2. The Labute approximate surface area is 170 Å². The van der Waals surface area contributed by atoms with Gasteiger partial charge in [-0.15, -0.1) is 22.7 Å². The van der Waals surface area contributed by atoms with Gasteiger partial charge >= 0.3 is 6.18 Å². The van der Waals surface area contributed by atoms with Crippen molar-refractivity contribution in [3.63, 3.8) is 0 Å². The molecule has 0 saturated heterocycles. The van der Waals surface area contributed by atoms with E-state index < -0.39 is 11.7 Å². The molecule has 146 valence electrons. The Morgan fingerprint density at radius 2 is 1.68 bits per heavy atom. The predicted octanol–water partition coefficient (Wildman–Crippen LogP) is 8.35. The highest BCUT2D eigenvalue weighted by Gasteiger charge is 2.34. The molecule has 28 heavy (non-hydrogen) atoms. The van der Waals surface area contributed by atoms with Gasteiger partial charge in [0.1, 0.15) is 0 Å². The highest BCUT2D eigenvalue weighted by atomic mass is 32.1. The monoisotopic (exact) mass is 418 g/mol. The van der Waals surface area contributed by atoms with Crippen LogP contribution in [-0.4, -0.2) is 0 Å². The Balaban J connectivity index is 1.73. The maximum atomic E-state index is 13.7. The van der Waals surface area contributed by atoms with Gasteiger partial charge in [-0.1, -0.05) is 26.0 Å². The molecule has 0 radical (unpaired) electrons. The predicted molar refractivity (Wildman–Crippen MR) is 115 cm³/mol. The van der Waals surface area contributed by atoms with E-state index in [1.165, 1.54) is 16.3 Å². The molecule has 0 aliphatic rings. The molecule has 0 amide bonds. The van der Waals surface area contributed by atoms with Gasteiger partial charge in [0.25, 0.3) is 0 Å². The van der Waals surface area contributed by atoms with Crippen LogP contribution in [0.4, 0.5) is 13.2 Å². The van der Waals surface area contributed by atoms with Gasteiger partial charge in [0.2, 0.25) is 0 Å². The molecule has 0 N–H and O–H groups in total. The van der Waals surface area contributed by atoms with Crippen molar-refractivity contribution < 1.29 is 13.2 Å². The smallest absolute Gasteiger partial charge is 0.166 e. The minimum Gasteiger partial charge on any atom is -0.166 e. The second kappa shape index (κ2) is 7.20. The van der Waals surface area contributed by atoms with Crippen LogP contribution in [0.3, 0.4) is 0 Å². The molecule has 5 heteroatoms. The fraction of sp³-hybridized carbons (Fsp3) is 0.304. The Hall–Kier alpha value is -1.85. The average molecular weight is 419 g/mol. The molecule has 0 bridgehead atoms. The molecule has 0 spiro atoms. The third-order valence-electron chi connectivity index (χ3n) is 5.15. The van der Waals surface area contributed by atoms with E-state index in [0.717, 1.165) is 26.3 Å². The average Bonchev–Trinajstić information content (AvgIpc) is 3.22. The lowest BCUT2D eigenvalue weighted by molar-refractivity contribution is -0.138. The molecule has 2 aromatic carbocycles. The first-order valence-corrected chi connectivity index (χ1v) is 11.0. The minimum absolute atomic E-state index is 0.0295. The van der Waals surface area contributed by atoms with E-state index in [4.69, 9.17) is 0 Å². The molecule has 1 unspecified atom stereocenters. The molecule has 4 rings (SSSR count). The minimum atomic E-state index is -4.34. The fourth-order valence-electron chi connectivity index (χ4n) is 3.62. The largest absolute Gasteiger partial charge is 0.416 e. The Kier molecular flexibility index (Phi) is 5.00. The lowest BCUT2D eigenvalue weighted by Gasteiger charge is -2.16. The summed E-state index contributed by atoms with van der Waals surface area (Å²) in [5.74, 6) is 0.0295. The van der Waals surface area contributed by atoms with Crippen LogP contribution in [-0.2, 0) is 19.0 Å². The van der Waals surface area contributed by atoms with Crippen LogP contribution in [0.1, 0.15) is 46.2 Å². The fourth-order valence-corrected chi connectivity index (χ4v) is 5.89. The van der Waals surface area contributed by atoms with E-state index in [1.807, 2.05) is 19.9 Å². The van der Waals surface area contributed by atoms with E-state index in [-0.39, 0.29) is 5.92 Å². The van der Waals surface area contributed by atoms with Crippen LogP contribution in [0.2, 0.25) is 0 Å². The van der Waals surface area contributed by atoms with Crippen LogP contribution < -0.4 is 0 Å². The number of benzene rings is 2. The lowest BCUT2D eigenvalue weighted by atomic mass is 9.94. The van der Waals surface area contributed by atoms with Crippen LogP contribution in [0.15, 0.2) is 42.5 Å². The topological polar surface area (TPSA) is 0 Å². The zero-order valence-electron chi connectivity index (χ0n) is 16.0. The van der Waals surface area contributed by atoms with Crippen LogP contribution in [0, 0.1) is 6.92 Å². The van der Waals surface area contributed by atoms with Gasteiger partial charge in [0, 0.05) is 19.2 Å². The summed E-state index contributed by atoms with van der Waals surface area (Å²) >= 11 is 3.28. The van der Waals surface area contributed by atoms with E-state index >= 15 is 0 Å². The SMILES string of the molecule is CCc1cc2cc(C(F)(F)F)c(CC(C)c3cc4ccc(C)cc4s3)cc2s1. The van der Waals surface area contributed by atoms with E-state index in [9.17, 15) is 13.2 Å². The molecule has 0 saturated carbocycles. The highest BCUT2D eigenvalue weighted by Crippen LogP contribution is 2.40. The van der Waals surface area contributed by atoms with Gasteiger partial charge in [-0.3, -0.25) is 0 Å². The summed E-state index contributed by atoms with van der Waals surface area (Å²) < 4.78 is 43.3. The molecule has 0 aliphatic carbocycles. The Bertz CT molecular complexity index is 1150. The van der Waals surface area contributed by atoms with Crippen molar-refractivity contribution in [2.24, 2.45) is 0 Å². The first kappa shape index (κ1) is 19.5. The van der Waals surface area contributed by atoms with Crippen molar-refractivity contribution in [3.8, 4) is 0 Å². The maximum absolute atomic E-state index is 13.7.